The molecular formula is C15H22N2O2. The zero-order valence-electron chi connectivity index (χ0n) is 11.6. The molecule has 3 heterocycles. The number of carbonyl (C=O) groups is 1. The molecule has 1 N–H and O–H groups in total. The van der Waals surface area contributed by atoms with E-state index in [0.717, 1.165) is 56.8 Å². The summed E-state index contributed by atoms with van der Waals surface area (Å²) in [5.41, 5.74) is 0.0230. The zero-order valence-corrected chi connectivity index (χ0v) is 11.6. The maximum absolute atomic E-state index is 11.7. The van der Waals surface area contributed by atoms with Crippen LogP contribution < -0.4 is 5.32 Å². The van der Waals surface area contributed by atoms with Crippen molar-refractivity contribution >= 4 is 5.91 Å². The zero-order chi connectivity index (χ0) is 13.3. The molecule has 2 aliphatic heterocycles. The Kier molecular flexibility index (Phi) is 3.35. The molecule has 104 valence electrons. The number of furan rings is 1. The quantitative estimate of drug-likeness (QED) is 0.889. The predicted molar refractivity (Wildman–Crippen MR) is 72.7 cm³/mol. The summed E-state index contributed by atoms with van der Waals surface area (Å²) in [5.74, 6) is 2.21. The van der Waals surface area contributed by atoms with Crippen molar-refractivity contribution in [2.75, 3.05) is 13.1 Å². The van der Waals surface area contributed by atoms with Gasteiger partial charge in [-0.2, -0.15) is 0 Å². The summed E-state index contributed by atoms with van der Waals surface area (Å²) in [6, 6.07) is 4.06. The van der Waals surface area contributed by atoms with Crippen molar-refractivity contribution in [1.82, 2.24) is 10.2 Å². The smallest absolute Gasteiger partial charge is 0.220 e. The van der Waals surface area contributed by atoms with Crippen molar-refractivity contribution in [2.45, 2.75) is 51.1 Å². The van der Waals surface area contributed by atoms with Crippen LogP contribution in [-0.2, 0) is 11.3 Å². The molecule has 1 aromatic heterocycles. The topological polar surface area (TPSA) is 45.5 Å². The molecule has 2 fully saturated rings. The third kappa shape index (κ3) is 2.84. The first-order valence-electron chi connectivity index (χ1n) is 7.24. The van der Waals surface area contributed by atoms with Crippen molar-refractivity contribution in [1.29, 1.82) is 0 Å². The molecule has 0 radical (unpaired) electrons. The first-order valence-corrected chi connectivity index (χ1v) is 7.24. The van der Waals surface area contributed by atoms with E-state index in [0.29, 0.717) is 6.42 Å². The maximum atomic E-state index is 11.7. The number of hydrogen-bond donors (Lipinski definition) is 1. The predicted octanol–water partition coefficient (Wildman–Crippen LogP) is 2.22. The monoisotopic (exact) mass is 262 g/mol. The summed E-state index contributed by atoms with van der Waals surface area (Å²) in [6.45, 7) is 4.88. The number of likely N-dealkylation sites (tertiary alicyclic amines) is 1. The lowest BCUT2D eigenvalue weighted by Crippen LogP contribution is -2.60. The molecular weight excluding hydrogens is 240 g/mol. The molecule has 4 heteroatoms. The number of piperidine rings is 2. The van der Waals surface area contributed by atoms with Gasteiger partial charge < -0.3 is 9.73 Å². The van der Waals surface area contributed by atoms with Gasteiger partial charge in [0.1, 0.15) is 11.5 Å². The van der Waals surface area contributed by atoms with Gasteiger partial charge in [-0.05, 0) is 51.3 Å². The third-order valence-electron chi connectivity index (χ3n) is 4.30. The normalized spacial score (nSPS) is 28.6. The van der Waals surface area contributed by atoms with Gasteiger partial charge in [-0.1, -0.05) is 0 Å². The highest BCUT2D eigenvalue weighted by Gasteiger charge is 2.38. The van der Waals surface area contributed by atoms with Crippen molar-refractivity contribution in [3.63, 3.8) is 0 Å². The lowest BCUT2D eigenvalue weighted by molar-refractivity contribution is -0.126. The van der Waals surface area contributed by atoms with E-state index in [9.17, 15) is 4.79 Å². The van der Waals surface area contributed by atoms with Crippen LogP contribution in [0, 0.1) is 6.92 Å². The summed E-state index contributed by atoms with van der Waals surface area (Å²) < 4.78 is 5.65. The lowest BCUT2D eigenvalue weighted by atomic mass is 9.81. The second kappa shape index (κ2) is 5.00. The molecule has 0 saturated carbocycles. The van der Waals surface area contributed by atoms with E-state index in [4.69, 9.17) is 4.42 Å². The van der Waals surface area contributed by atoms with Crippen LogP contribution in [0.2, 0.25) is 0 Å². The summed E-state index contributed by atoms with van der Waals surface area (Å²) in [7, 11) is 0. The minimum Gasteiger partial charge on any atom is -0.465 e. The van der Waals surface area contributed by atoms with Crippen LogP contribution in [0.1, 0.15) is 43.6 Å². The first kappa shape index (κ1) is 12.7. The Labute approximate surface area is 114 Å². The van der Waals surface area contributed by atoms with Crippen LogP contribution in [0.4, 0.5) is 0 Å². The van der Waals surface area contributed by atoms with Gasteiger partial charge in [-0.15, -0.1) is 0 Å². The van der Waals surface area contributed by atoms with Gasteiger partial charge in [0.05, 0.1) is 12.1 Å². The Morgan fingerprint density at radius 3 is 2.95 bits per heavy atom. The van der Waals surface area contributed by atoms with Crippen molar-refractivity contribution < 1.29 is 9.21 Å². The van der Waals surface area contributed by atoms with E-state index in [1.165, 1.54) is 0 Å². The Balaban J connectivity index is 1.66. The Morgan fingerprint density at radius 1 is 1.37 bits per heavy atom. The molecule has 1 atom stereocenters. The van der Waals surface area contributed by atoms with Crippen LogP contribution in [0.3, 0.4) is 0 Å². The van der Waals surface area contributed by atoms with Gasteiger partial charge in [0.2, 0.25) is 5.91 Å². The fraction of sp³-hybridized carbons (Fsp3) is 0.667. The van der Waals surface area contributed by atoms with Gasteiger partial charge in [-0.3, -0.25) is 9.69 Å². The number of hydrogen-bond acceptors (Lipinski definition) is 3. The molecule has 0 bridgehead atoms. The van der Waals surface area contributed by atoms with Crippen LogP contribution in [0.25, 0.3) is 0 Å². The first-order chi connectivity index (χ1) is 9.15. The Bertz CT molecular complexity index is 464. The van der Waals surface area contributed by atoms with E-state index in [1.807, 2.05) is 13.0 Å². The summed E-state index contributed by atoms with van der Waals surface area (Å²) in [4.78, 5) is 14.1. The van der Waals surface area contributed by atoms with Crippen LogP contribution in [0.15, 0.2) is 16.5 Å². The van der Waals surface area contributed by atoms with E-state index in [-0.39, 0.29) is 11.4 Å². The number of nitrogens with one attached hydrogen (secondary N) is 1. The van der Waals surface area contributed by atoms with Gasteiger partial charge in [-0.25, -0.2) is 0 Å². The minimum absolute atomic E-state index is 0.0230. The molecule has 3 rings (SSSR count). The van der Waals surface area contributed by atoms with E-state index in [2.05, 4.69) is 16.3 Å². The van der Waals surface area contributed by atoms with E-state index >= 15 is 0 Å². The summed E-state index contributed by atoms with van der Waals surface area (Å²) >= 11 is 0. The highest BCUT2D eigenvalue weighted by Crippen LogP contribution is 2.30. The molecule has 0 aliphatic carbocycles. The molecule has 2 aliphatic rings. The fourth-order valence-corrected chi connectivity index (χ4v) is 3.47. The summed E-state index contributed by atoms with van der Waals surface area (Å²) in [5, 5.41) is 3.24. The Hall–Kier alpha value is -1.29. The Morgan fingerprint density at radius 2 is 2.21 bits per heavy atom. The number of aryl methyl sites for hydroxylation is 1. The van der Waals surface area contributed by atoms with Crippen molar-refractivity contribution in [3.8, 4) is 0 Å². The highest BCUT2D eigenvalue weighted by molar-refractivity contribution is 5.77. The van der Waals surface area contributed by atoms with Crippen LogP contribution in [0.5, 0.6) is 0 Å². The molecule has 1 unspecified atom stereocenters. The van der Waals surface area contributed by atoms with Gasteiger partial charge in [0.25, 0.3) is 0 Å². The lowest BCUT2D eigenvalue weighted by Gasteiger charge is -2.45. The maximum Gasteiger partial charge on any atom is 0.220 e. The third-order valence-corrected chi connectivity index (χ3v) is 4.30. The van der Waals surface area contributed by atoms with Gasteiger partial charge in [0.15, 0.2) is 0 Å². The van der Waals surface area contributed by atoms with Crippen LogP contribution in [-0.4, -0.2) is 29.4 Å². The number of rotatable bonds is 2. The molecule has 4 nitrogen and oxygen atoms in total. The van der Waals surface area contributed by atoms with E-state index in [1.54, 1.807) is 0 Å². The molecule has 19 heavy (non-hydrogen) atoms. The van der Waals surface area contributed by atoms with Gasteiger partial charge >= 0.3 is 0 Å². The molecule has 2 saturated heterocycles. The highest BCUT2D eigenvalue weighted by atomic mass is 16.3. The largest absolute Gasteiger partial charge is 0.465 e. The minimum atomic E-state index is 0.0230. The standard InChI is InChI=1S/C15H22N2O2/c1-12-5-6-13(19-12)10-17-9-3-8-15(11-17)7-2-4-14(18)16-15/h5-6H,2-4,7-11H2,1H3,(H,16,18). The molecule has 1 spiro atoms. The second-order valence-corrected chi connectivity index (χ2v) is 6.01. The number of amides is 1. The fourth-order valence-electron chi connectivity index (χ4n) is 3.47. The summed E-state index contributed by atoms with van der Waals surface area (Å²) in [6.07, 6.45) is 5.11. The van der Waals surface area contributed by atoms with Gasteiger partial charge in [0, 0.05) is 13.0 Å². The number of carbonyl (C=O) groups excluding carboxylic acids is 1. The number of nitrogens with zero attached hydrogens (tertiary/aromatic N) is 1. The second-order valence-electron chi connectivity index (χ2n) is 6.01. The molecule has 1 amide bonds. The molecule has 0 aromatic carbocycles. The van der Waals surface area contributed by atoms with Crippen molar-refractivity contribution in [2.24, 2.45) is 0 Å². The SMILES string of the molecule is Cc1ccc(CN2CCCC3(CCCC(=O)N3)C2)o1. The van der Waals surface area contributed by atoms with E-state index < -0.39 is 0 Å². The van der Waals surface area contributed by atoms with Crippen molar-refractivity contribution in [3.05, 3.63) is 23.7 Å². The average Bonchev–Trinajstić information content (AvgIpc) is 2.74. The molecule has 1 aromatic rings. The average molecular weight is 262 g/mol. The van der Waals surface area contributed by atoms with Crippen LogP contribution >= 0.6 is 0 Å².